The van der Waals surface area contributed by atoms with Crippen LogP contribution in [0.5, 0.6) is 0 Å². The lowest BCUT2D eigenvalue weighted by molar-refractivity contribution is 0.598. The summed E-state index contributed by atoms with van der Waals surface area (Å²) in [6.45, 7) is 1.90. The number of sulfone groups is 1. The summed E-state index contributed by atoms with van der Waals surface area (Å²) in [6, 6.07) is 10.5. The molecule has 0 saturated heterocycles. The minimum Gasteiger partial charge on any atom is -0.338 e. The normalized spacial score (nSPS) is 11.1. The highest BCUT2D eigenvalue weighted by atomic mass is 32.2. The largest absolute Gasteiger partial charge is 0.338 e. The maximum absolute atomic E-state index is 11.8. The molecule has 0 unspecified atom stereocenters. The smallest absolute Gasteiger partial charge is 0.194 e. The van der Waals surface area contributed by atoms with Crippen molar-refractivity contribution in [1.82, 2.24) is 19.9 Å². The lowest BCUT2D eigenvalue weighted by Gasteiger charge is -2.10. The molecule has 0 atom stereocenters. The number of hydrogen-bond donors (Lipinski definition) is 2. The summed E-state index contributed by atoms with van der Waals surface area (Å²) in [7, 11) is -3.46. The van der Waals surface area contributed by atoms with Gasteiger partial charge in [-0.05, 0) is 31.2 Å². The average Bonchev–Trinajstić information content (AvgIpc) is 2.55. The van der Waals surface area contributed by atoms with E-state index in [0.717, 1.165) is 11.9 Å². The van der Waals surface area contributed by atoms with Crippen LogP contribution in [0.25, 0.3) is 0 Å². The summed E-state index contributed by atoms with van der Waals surface area (Å²) in [5, 5.41) is 6.00. The molecule has 3 aromatic heterocycles. The third-order valence-corrected chi connectivity index (χ3v) is 4.22. The number of pyridine rings is 2. The van der Waals surface area contributed by atoms with E-state index in [4.69, 9.17) is 0 Å². The lowest BCUT2D eigenvalue weighted by Crippen LogP contribution is -2.06. The maximum atomic E-state index is 11.8. The molecule has 0 saturated carbocycles. The average molecular weight is 356 g/mol. The van der Waals surface area contributed by atoms with Crippen LogP contribution >= 0.6 is 0 Å². The molecule has 0 amide bonds. The Balaban J connectivity index is 1.86. The predicted octanol–water partition coefficient (Wildman–Crippen LogP) is 2.47. The fourth-order valence-electron chi connectivity index (χ4n) is 2.16. The van der Waals surface area contributed by atoms with Gasteiger partial charge >= 0.3 is 0 Å². The Labute approximate surface area is 145 Å². The quantitative estimate of drug-likeness (QED) is 0.717. The van der Waals surface area contributed by atoms with Crippen molar-refractivity contribution in [3.63, 3.8) is 0 Å². The molecular formula is C16H16N6O2S. The SMILES string of the molecule is Cc1cccc(Nc2cc(Nc3cccnc3S(C)(=O)=O)ncn2)n1. The van der Waals surface area contributed by atoms with Crippen molar-refractivity contribution in [2.75, 3.05) is 16.9 Å². The summed E-state index contributed by atoms with van der Waals surface area (Å²) >= 11 is 0. The first-order valence-corrected chi connectivity index (χ1v) is 9.26. The van der Waals surface area contributed by atoms with Gasteiger partial charge in [-0.2, -0.15) is 0 Å². The second-order valence-corrected chi connectivity index (χ2v) is 7.26. The molecule has 0 aliphatic rings. The van der Waals surface area contributed by atoms with E-state index >= 15 is 0 Å². The second-order valence-electron chi connectivity index (χ2n) is 5.33. The molecule has 8 nitrogen and oxygen atoms in total. The highest BCUT2D eigenvalue weighted by Gasteiger charge is 2.15. The van der Waals surface area contributed by atoms with Gasteiger partial charge in [-0.15, -0.1) is 0 Å². The fraction of sp³-hybridized carbons (Fsp3) is 0.125. The van der Waals surface area contributed by atoms with E-state index in [1.54, 1.807) is 18.2 Å². The Bertz CT molecular complexity index is 1010. The highest BCUT2D eigenvalue weighted by Crippen LogP contribution is 2.23. The summed E-state index contributed by atoms with van der Waals surface area (Å²) in [6.07, 6.45) is 3.91. The molecule has 3 heterocycles. The van der Waals surface area contributed by atoms with Gasteiger partial charge < -0.3 is 10.6 Å². The molecule has 0 bridgehead atoms. The van der Waals surface area contributed by atoms with Gasteiger partial charge in [-0.3, -0.25) is 0 Å². The lowest BCUT2D eigenvalue weighted by atomic mass is 10.3. The van der Waals surface area contributed by atoms with Crippen LogP contribution in [-0.4, -0.2) is 34.6 Å². The van der Waals surface area contributed by atoms with Crippen LogP contribution in [0, 0.1) is 6.92 Å². The van der Waals surface area contributed by atoms with Crippen LogP contribution in [0.15, 0.2) is 53.9 Å². The number of nitrogens with zero attached hydrogens (tertiary/aromatic N) is 4. The van der Waals surface area contributed by atoms with Gasteiger partial charge in [0.2, 0.25) is 0 Å². The second kappa shape index (κ2) is 6.81. The number of nitrogens with one attached hydrogen (secondary N) is 2. The summed E-state index contributed by atoms with van der Waals surface area (Å²) in [5.74, 6) is 1.62. The number of rotatable bonds is 5. The van der Waals surface area contributed by atoms with Crippen molar-refractivity contribution in [2.45, 2.75) is 11.9 Å². The first-order chi connectivity index (χ1) is 11.9. The Morgan fingerprint density at radius 3 is 2.40 bits per heavy atom. The fourth-order valence-corrected chi connectivity index (χ4v) is 2.93. The summed E-state index contributed by atoms with van der Waals surface area (Å²) in [5.41, 5.74) is 1.23. The van der Waals surface area contributed by atoms with E-state index in [-0.39, 0.29) is 5.03 Å². The Kier molecular flexibility index (Phi) is 4.57. The summed E-state index contributed by atoms with van der Waals surface area (Å²) < 4.78 is 23.7. The molecule has 0 aliphatic carbocycles. The first-order valence-electron chi connectivity index (χ1n) is 7.37. The molecule has 2 N–H and O–H groups in total. The number of hydrogen-bond acceptors (Lipinski definition) is 8. The van der Waals surface area contributed by atoms with Gasteiger partial charge in [-0.25, -0.2) is 28.4 Å². The minimum absolute atomic E-state index is 0.0385. The Hall–Kier alpha value is -3.07. The van der Waals surface area contributed by atoms with Crippen LogP contribution in [0.3, 0.4) is 0 Å². The van der Waals surface area contributed by atoms with E-state index in [1.807, 2.05) is 25.1 Å². The monoisotopic (exact) mass is 356 g/mol. The van der Waals surface area contributed by atoms with Gasteiger partial charge in [0.1, 0.15) is 23.8 Å². The molecule has 0 spiro atoms. The van der Waals surface area contributed by atoms with Crippen molar-refractivity contribution in [3.05, 3.63) is 54.6 Å². The molecule has 0 aromatic carbocycles. The van der Waals surface area contributed by atoms with E-state index in [1.165, 1.54) is 12.5 Å². The molecule has 3 rings (SSSR count). The minimum atomic E-state index is -3.46. The maximum Gasteiger partial charge on any atom is 0.194 e. The molecule has 9 heteroatoms. The van der Waals surface area contributed by atoms with E-state index in [2.05, 4.69) is 30.6 Å². The molecule has 25 heavy (non-hydrogen) atoms. The first kappa shape index (κ1) is 16.8. The van der Waals surface area contributed by atoms with Crippen LogP contribution in [-0.2, 0) is 9.84 Å². The Morgan fingerprint density at radius 2 is 1.68 bits per heavy atom. The third-order valence-electron chi connectivity index (χ3n) is 3.20. The van der Waals surface area contributed by atoms with Gasteiger partial charge in [0.25, 0.3) is 0 Å². The zero-order chi connectivity index (χ0) is 17.9. The molecule has 0 aliphatic heterocycles. The topological polar surface area (TPSA) is 110 Å². The van der Waals surface area contributed by atoms with Gasteiger partial charge in [-0.1, -0.05) is 6.07 Å². The van der Waals surface area contributed by atoms with Crippen LogP contribution in [0.1, 0.15) is 5.69 Å². The third kappa shape index (κ3) is 4.27. The predicted molar refractivity (Wildman–Crippen MR) is 94.9 cm³/mol. The zero-order valence-electron chi connectivity index (χ0n) is 13.6. The van der Waals surface area contributed by atoms with Crippen LogP contribution in [0.2, 0.25) is 0 Å². The molecule has 0 radical (unpaired) electrons. The van der Waals surface area contributed by atoms with Gasteiger partial charge in [0.15, 0.2) is 14.9 Å². The molecular weight excluding hydrogens is 340 g/mol. The van der Waals surface area contributed by atoms with Crippen molar-refractivity contribution in [3.8, 4) is 0 Å². The van der Waals surface area contributed by atoms with Crippen molar-refractivity contribution >= 4 is 33.0 Å². The van der Waals surface area contributed by atoms with Crippen molar-refractivity contribution in [2.24, 2.45) is 0 Å². The van der Waals surface area contributed by atoms with Crippen LogP contribution in [0.4, 0.5) is 23.1 Å². The zero-order valence-corrected chi connectivity index (χ0v) is 14.4. The molecule has 128 valence electrons. The number of aryl methyl sites for hydroxylation is 1. The molecule has 3 aromatic rings. The van der Waals surface area contributed by atoms with E-state index < -0.39 is 9.84 Å². The number of anilines is 4. The number of aromatic nitrogens is 4. The molecule has 0 fully saturated rings. The Morgan fingerprint density at radius 1 is 0.920 bits per heavy atom. The highest BCUT2D eigenvalue weighted by molar-refractivity contribution is 7.90. The summed E-state index contributed by atoms with van der Waals surface area (Å²) in [4.78, 5) is 16.5. The van der Waals surface area contributed by atoms with Crippen LogP contribution < -0.4 is 10.6 Å². The van der Waals surface area contributed by atoms with Gasteiger partial charge in [0, 0.05) is 24.2 Å². The van der Waals surface area contributed by atoms with E-state index in [0.29, 0.717) is 23.1 Å². The van der Waals surface area contributed by atoms with E-state index in [9.17, 15) is 8.42 Å². The standard InChI is InChI=1S/C16H16N6O2S/c1-11-5-3-7-13(20-11)22-15-9-14(18-10-19-15)21-12-6-4-8-17-16(12)25(2,23)24/h3-10H,1-2H3,(H2,18,19,20,21,22). The van der Waals surface area contributed by atoms with Gasteiger partial charge in [0.05, 0.1) is 5.69 Å². The van der Waals surface area contributed by atoms with Crippen molar-refractivity contribution < 1.29 is 8.42 Å². The van der Waals surface area contributed by atoms with Crippen molar-refractivity contribution in [1.29, 1.82) is 0 Å².